The molecule has 0 bridgehead atoms. The van der Waals surface area contributed by atoms with Crippen LogP contribution in [0.2, 0.25) is 0 Å². The molecular formula is C30H37N3O4. The largest absolute Gasteiger partial charge is 0.382 e. The van der Waals surface area contributed by atoms with Crippen LogP contribution in [-0.2, 0) is 22.6 Å². The number of benzene rings is 3. The third-order valence-corrected chi connectivity index (χ3v) is 6.78. The van der Waals surface area contributed by atoms with Gasteiger partial charge >= 0.3 is 0 Å². The van der Waals surface area contributed by atoms with Gasteiger partial charge in [0.25, 0.3) is 11.8 Å². The second-order valence-corrected chi connectivity index (χ2v) is 9.87. The number of carbonyl (C=O) groups is 2. The van der Waals surface area contributed by atoms with Crippen LogP contribution in [0.4, 0.5) is 0 Å². The summed E-state index contributed by atoms with van der Waals surface area (Å²) >= 11 is 0. The van der Waals surface area contributed by atoms with Crippen molar-refractivity contribution in [3.8, 4) is 0 Å². The maximum atomic E-state index is 12.8. The van der Waals surface area contributed by atoms with Gasteiger partial charge in [-0.3, -0.25) is 14.5 Å². The zero-order valence-electron chi connectivity index (χ0n) is 22.0. The van der Waals surface area contributed by atoms with Crippen molar-refractivity contribution >= 4 is 22.6 Å². The molecule has 1 saturated heterocycles. The molecule has 1 N–H and O–H groups in total. The van der Waals surface area contributed by atoms with Crippen molar-refractivity contribution in [3.05, 3.63) is 82.9 Å². The van der Waals surface area contributed by atoms with Gasteiger partial charge in [0.15, 0.2) is 0 Å². The lowest BCUT2D eigenvalue weighted by molar-refractivity contribution is 0.0617. The standard InChI is InChI=1S/C30H37N3O4/c1-32(2)30(35)26-6-4-5-25(19-26)29(34)31-28-11-13-33(14-12-28)20-22-7-9-24-10-8-23(18-27(24)17-22)21-37-16-15-36-3/h4-10,17-19,28H,11-16,20-21H2,1-3H3,(H,31,34). The average Bonchev–Trinajstić information content (AvgIpc) is 2.91. The SMILES string of the molecule is COCCOCc1ccc2ccc(CN3CCC(NC(=O)c4cccc(C(=O)N(C)C)c4)CC3)cc2c1. The molecule has 0 unspecified atom stereocenters. The molecule has 3 aromatic carbocycles. The van der Waals surface area contributed by atoms with E-state index in [1.54, 1.807) is 45.5 Å². The van der Waals surface area contributed by atoms with Gasteiger partial charge < -0.3 is 19.7 Å². The first kappa shape index (κ1) is 26.8. The fourth-order valence-corrected chi connectivity index (χ4v) is 4.68. The Morgan fingerprint density at radius 3 is 2.35 bits per heavy atom. The molecule has 0 aromatic heterocycles. The van der Waals surface area contributed by atoms with Crippen LogP contribution in [0.5, 0.6) is 0 Å². The molecule has 196 valence electrons. The molecule has 7 heteroatoms. The molecule has 0 atom stereocenters. The fourth-order valence-electron chi connectivity index (χ4n) is 4.68. The van der Waals surface area contributed by atoms with Crippen LogP contribution in [0.25, 0.3) is 10.8 Å². The van der Waals surface area contributed by atoms with Crippen molar-refractivity contribution in [1.82, 2.24) is 15.1 Å². The third kappa shape index (κ3) is 7.38. The normalized spacial score (nSPS) is 14.6. The van der Waals surface area contributed by atoms with Gasteiger partial charge in [-0.25, -0.2) is 0 Å². The van der Waals surface area contributed by atoms with Crippen LogP contribution >= 0.6 is 0 Å². The van der Waals surface area contributed by atoms with E-state index >= 15 is 0 Å². The van der Waals surface area contributed by atoms with E-state index < -0.39 is 0 Å². The second-order valence-electron chi connectivity index (χ2n) is 9.87. The van der Waals surface area contributed by atoms with E-state index in [9.17, 15) is 9.59 Å². The Hall–Kier alpha value is -3.26. The second kappa shape index (κ2) is 12.8. The van der Waals surface area contributed by atoms with Crippen molar-refractivity contribution < 1.29 is 19.1 Å². The summed E-state index contributed by atoms with van der Waals surface area (Å²) in [7, 11) is 5.09. The highest BCUT2D eigenvalue weighted by Crippen LogP contribution is 2.21. The van der Waals surface area contributed by atoms with Crippen molar-refractivity contribution in [3.63, 3.8) is 0 Å². The molecule has 2 amide bonds. The topological polar surface area (TPSA) is 71.1 Å². The van der Waals surface area contributed by atoms with Crippen LogP contribution in [0.3, 0.4) is 0 Å². The van der Waals surface area contributed by atoms with E-state index in [1.165, 1.54) is 21.2 Å². The molecule has 0 spiro atoms. The zero-order valence-corrected chi connectivity index (χ0v) is 22.0. The fraction of sp³-hybridized carbons (Fsp3) is 0.400. The van der Waals surface area contributed by atoms with E-state index in [-0.39, 0.29) is 17.9 Å². The van der Waals surface area contributed by atoms with Crippen molar-refractivity contribution in [2.45, 2.75) is 32.0 Å². The molecule has 1 aliphatic rings. The summed E-state index contributed by atoms with van der Waals surface area (Å²) in [4.78, 5) is 29.0. The highest BCUT2D eigenvalue weighted by atomic mass is 16.5. The van der Waals surface area contributed by atoms with E-state index in [2.05, 4.69) is 46.6 Å². The molecule has 37 heavy (non-hydrogen) atoms. The summed E-state index contributed by atoms with van der Waals surface area (Å²) in [5.41, 5.74) is 3.49. The number of nitrogens with one attached hydrogen (secondary N) is 1. The lowest BCUT2D eigenvalue weighted by Gasteiger charge is -2.32. The number of carbonyl (C=O) groups excluding carboxylic acids is 2. The number of fused-ring (bicyclic) bond motifs is 1. The Kier molecular flexibility index (Phi) is 9.28. The van der Waals surface area contributed by atoms with Crippen LogP contribution in [0, 0.1) is 0 Å². The quantitative estimate of drug-likeness (QED) is 0.422. The van der Waals surface area contributed by atoms with Gasteiger partial charge in [-0.2, -0.15) is 0 Å². The van der Waals surface area contributed by atoms with Gasteiger partial charge in [-0.1, -0.05) is 30.3 Å². The van der Waals surface area contributed by atoms with Gasteiger partial charge in [0.2, 0.25) is 0 Å². The Morgan fingerprint density at radius 1 is 0.919 bits per heavy atom. The number of ether oxygens (including phenoxy) is 2. The van der Waals surface area contributed by atoms with Gasteiger partial charge in [-0.05, 0) is 65.1 Å². The smallest absolute Gasteiger partial charge is 0.253 e. The summed E-state index contributed by atoms with van der Waals surface area (Å²) in [6.07, 6.45) is 1.80. The summed E-state index contributed by atoms with van der Waals surface area (Å²) < 4.78 is 10.7. The molecule has 4 rings (SSSR count). The van der Waals surface area contributed by atoms with Gasteiger partial charge in [-0.15, -0.1) is 0 Å². The van der Waals surface area contributed by atoms with Crippen LogP contribution < -0.4 is 5.32 Å². The molecule has 1 aliphatic heterocycles. The van der Waals surface area contributed by atoms with Gasteiger partial charge in [0.1, 0.15) is 0 Å². The first-order valence-corrected chi connectivity index (χ1v) is 12.9. The molecule has 1 fully saturated rings. The molecule has 1 heterocycles. The summed E-state index contributed by atoms with van der Waals surface area (Å²) in [6.45, 7) is 4.51. The van der Waals surface area contributed by atoms with Gasteiger partial charge in [0, 0.05) is 58.0 Å². The molecule has 3 aromatic rings. The molecule has 0 saturated carbocycles. The minimum Gasteiger partial charge on any atom is -0.382 e. The minimum atomic E-state index is -0.122. The lowest BCUT2D eigenvalue weighted by atomic mass is 10.0. The summed E-state index contributed by atoms with van der Waals surface area (Å²) in [5, 5.41) is 5.61. The highest BCUT2D eigenvalue weighted by Gasteiger charge is 2.22. The zero-order chi connectivity index (χ0) is 26.2. The Labute approximate surface area is 219 Å². The van der Waals surface area contributed by atoms with Gasteiger partial charge in [0.05, 0.1) is 19.8 Å². The van der Waals surface area contributed by atoms with Crippen LogP contribution in [0.1, 0.15) is 44.7 Å². The minimum absolute atomic E-state index is 0.108. The Morgan fingerprint density at radius 2 is 1.62 bits per heavy atom. The maximum Gasteiger partial charge on any atom is 0.253 e. The molecule has 7 nitrogen and oxygen atoms in total. The predicted octanol–water partition coefficient (Wildman–Crippen LogP) is 4.10. The molecule has 0 radical (unpaired) electrons. The van der Waals surface area contributed by atoms with E-state index in [4.69, 9.17) is 9.47 Å². The average molecular weight is 504 g/mol. The summed E-state index contributed by atoms with van der Waals surface area (Å²) in [5.74, 6) is -0.230. The number of nitrogens with zero attached hydrogens (tertiary/aromatic N) is 2. The van der Waals surface area contributed by atoms with E-state index in [0.29, 0.717) is 30.9 Å². The monoisotopic (exact) mass is 503 g/mol. The number of methoxy groups -OCH3 is 1. The number of hydrogen-bond donors (Lipinski definition) is 1. The van der Waals surface area contributed by atoms with Crippen LogP contribution in [0.15, 0.2) is 60.7 Å². The first-order valence-electron chi connectivity index (χ1n) is 12.9. The number of amides is 2. The maximum absolute atomic E-state index is 12.8. The predicted molar refractivity (Wildman–Crippen MR) is 146 cm³/mol. The van der Waals surface area contributed by atoms with Crippen molar-refractivity contribution in [1.29, 1.82) is 0 Å². The molecule has 0 aliphatic carbocycles. The van der Waals surface area contributed by atoms with E-state index in [0.717, 1.165) is 38.0 Å². The highest BCUT2D eigenvalue weighted by molar-refractivity contribution is 5.99. The number of piperidine rings is 1. The van der Waals surface area contributed by atoms with Crippen LogP contribution in [-0.4, -0.2) is 75.2 Å². The number of rotatable bonds is 10. The Bertz CT molecular complexity index is 1220. The first-order chi connectivity index (χ1) is 17.9. The van der Waals surface area contributed by atoms with Crippen molar-refractivity contribution in [2.75, 3.05) is 47.5 Å². The third-order valence-electron chi connectivity index (χ3n) is 6.78. The summed E-state index contributed by atoms with van der Waals surface area (Å²) in [6, 6.07) is 20.2. The lowest BCUT2D eigenvalue weighted by Crippen LogP contribution is -2.44. The number of likely N-dealkylation sites (tertiary alicyclic amines) is 1. The molecular weight excluding hydrogens is 466 g/mol. The van der Waals surface area contributed by atoms with E-state index in [1.807, 2.05) is 0 Å². The number of hydrogen-bond acceptors (Lipinski definition) is 5. The Balaban J connectivity index is 1.29. The van der Waals surface area contributed by atoms with Crippen molar-refractivity contribution in [2.24, 2.45) is 0 Å².